The molecular weight excluding hydrogens is 278 g/mol. The largest absolute Gasteiger partial charge is 0.450 e. The monoisotopic (exact) mass is 289 g/mol. The molecule has 1 aromatic rings. The molecule has 0 unspecified atom stereocenters. The predicted octanol–water partition coefficient (Wildman–Crippen LogP) is 0.811. The summed E-state index contributed by atoms with van der Waals surface area (Å²) >= 11 is 0. The third-order valence-corrected chi connectivity index (χ3v) is 2.92. The molecule has 0 heterocycles. The minimum atomic E-state index is -4.06. The summed E-state index contributed by atoms with van der Waals surface area (Å²) in [6.45, 7) is 1.66. The van der Waals surface area contributed by atoms with E-state index in [0.29, 0.717) is 0 Å². The first kappa shape index (κ1) is 14.9. The summed E-state index contributed by atoms with van der Waals surface area (Å²) in [6, 6.07) is 2.87. The van der Waals surface area contributed by atoms with Gasteiger partial charge in [0.2, 0.25) is 10.0 Å². The maximum atomic E-state index is 11.2. The van der Waals surface area contributed by atoms with E-state index < -0.39 is 31.6 Å². The molecule has 0 aromatic heterocycles. The molecule has 0 aliphatic rings. The average Bonchev–Trinajstić information content (AvgIpc) is 2.27. The van der Waals surface area contributed by atoms with Crippen molar-refractivity contribution in [1.29, 1.82) is 0 Å². The number of primary sulfonamides is 1. The van der Waals surface area contributed by atoms with Gasteiger partial charge in [-0.2, -0.15) is 0 Å². The Hall–Kier alpha value is -2.20. The van der Waals surface area contributed by atoms with Gasteiger partial charge in [0.05, 0.1) is 16.4 Å². The summed E-state index contributed by atoms with van der Waals surface area (Å²) in [7, 11) is -4.06. The standard InChI is InChI=1S/C9H11N3O6S/c1-2-18-9(13)11-7-4-3-6(19(10,16)17)5-8(7)12(14)15/h3-5H,2H2,1H3,(H,11,13)(H2,10,16,17). The van der Waals surface area contributed by atoms with Gasteiger partial charge in [-0.25, -0.2) is 18.4 Å². The third-order valence-electron chi connectivity index (χ3n) is 2.01. The molecule has 0 aliphatic heterocycles. The first-order chi connectivity index (χ1) is 8.75. The Morgan fingerprint density at radius 2 is 2.16 bits per heavy atom. The molecule has 0 spiro atoms. The fourth-order valence-corrected chi connectivity index (χ4v) is 1.76. The summed E-state index contributed by atoms with van der Waals surface area (Å²) < 4.78 is 26.7. The van der Waals surface area contributed by atoms with Crippen LogP contribution in [-0.2, 0) is 14.8 Å². The van der Waals surface area contributed by atoms with E-state index in [2.05, 4.69) is 10.1 Å². The lowest BCUT2D eigenvalue weighted by Gasteiger charge is -2.06. The van der Waals surface area contributed by atoms with Crippen LogP contribution in [0.3, 0.4) is 0 Å². The molecule has 1 rings (SSSR count). The van der Waals surface area contributed by atoms with Gasteiger partial charge in [-0.05, 0) is 19.1 Å². The van der Waals surface area contributed by atoms with Crippen molar-refractivity contribution in [2.45, 2.75) is 11.8 Å². The molecule has 0 saturated carbocycles. The number of nitrogens with two attached hydrogens (primary N) is 1. The Labute approximate surface area is 108 Å². The van der Waals surface area contributed by atoms with Crippen molar-refractivity contribution in [3.05, 3.63) is 28.3 Å². The molecule has 104 valence electrons. The number of ether oxygens (including phenoxy) is 1. The number of amides is 1. The highest BCUT2D eigenvalue weighted by molar-refractivity contribution is 7.89. The van der Waals surface area contributed by atoms with E-state index in [-0.39, 0.29) is 12.3 Å². The number of anilines is 1. The van der Waals surface area contributed by atoms with E-state index in [1.807, 2.05) is 0 Å². The maximum absolute atomic E-state index is 11.2. The minimum Gasteiger partial charge on any atom is -0.450 e. The van der Waals surface area contributed by atoms with Crippen LogP contribution in [0.1, 0.15) is 6.92 Å². The van der Waals surface area contributed by atoms with Crippen LogP contribution in [0.25, 0.3) is 0 Å². The molecule has 1 amide bonds. The fourth-order valence-electron chi connectivity index (χ4n) is 1.22. The van der Waals surface area contributed by atoms with Crippen molar-refractivity contribution in [2.24, 2.45) is 5.14 Å². The second-order valence-corrected chi connectivity index (χ2v) is 4.89. The zero-order chi connectivity index (χ0) is 14.6. The minimum absolute atomic E-state index is 0.0922. The number of rotatable bonds is 4. The van der Waals surface area contributed by atoms with Crippen LogP contribution >= 0.6 is 0 Å². The lowest BCUT2D eigenvalue weighted by Crippen LogP contribution is -2.16. The van der Waals surface area contributed by atoms with Crippen LogP contribution < -0.4 is 10.5 Å². The van der Waals surface area contributed by atoms with Crippen molar-refractivity contribution in [3.8, 4) is 0 Å². The van der Waals surface area contributed by atoms with Gasteiger partial charge in [0.25, 0.3) is 5.69 Å². The first-order valence-electron chi connectivity index (χ1n) is 5.00. The number of carbonyl (C=O) groups is 1. The zero-order valence-electron chi connectivity index (χ0n) is 9.82. The Morgan fingerprint density at radius 1 is 1.53 bits per heavy atom. The number of carbonyl (C=O) groups excluding carboxylic acids is 1. The number of nitro groups is 1. The topological polar surface area (TPSA) is 142 Å². The van der Waals surface area contributed by atoms with Crippen LogP contribution in [0.2, 0.25) is 0 Å². The molecule has 9 nitrogen and oxygen atoms in total. The fraction of sp³-hybridized carbons (Fsp3) is 0.222. The lowest BCUT2D eigenvalue weighted by atomic mass is 10.2. The summed E-state index contributed by atoms with van der Waals surface area (Å²) in [4.78, 5) is 20.7. The highest BCUT2D eigenvalue weighted by Gasteiger charge is 2.20. The van der Waals surface area contributed by atoms with Gasteiger partial charge in [-0.1, -0.05) is 0 Å². The van der Waals surface area contributed by atoms with E-state index in [1.54, 1.807) is 6.92 Å². The van der Waals surface area contributed by atoms with Gasteiger partial charge in [-0.15, -0.1) is 0 Å². The van der Waals surface area contributed by atoms with Crippen molar-refractivity contribution in [3.63, 3.8) is 0 Å². The van der Waals surface area contributed by atoms with Gasteiger partial charge in [-0.3, -0.25) is 15.4 Å². The number of nitro benzene ring substituents is 1. The van der Waals surface area contributed by atoms with Crippen LogP contribution in [0.4, 0.5) is 16.2 Å². The van der Waals surface area contributed by atoms with Crippen molar-refractivity contribution in [2.75, 3.05) is 11.9 Å². The molecule has 3 N–H and O–H groups in total. The van der Waals surface area contributed by atoms with Crippen molar-refractivity contribution in [1.82, 2.24) is 0 Å². The predicted molar refractivity (Wildman–Crippen MR) is 65.1 cm³/mol. The normalized spacial score (nSPS) is 10.8. The second kappa shape index (κ2) is 5.63. The third kappa shape index (κ3) is 3.89. The SMILES string of the molecule is CCOC(=O)Nc1ccc(S(N)(=O)=O)cc1[N+](=O)[O-]. The Morgan fingerprint density at radius 3 is 2.63 bits per heavy atom. The highest BCUT2D eigenvalue weighted by Crippen LogP contribution is 2.27. The van der Waals surface area contributed by atoms with Gasteiger partial charge in [0.1, 0.15) is 5.69 Å². The molecule has 19 heavy (non-hydrogen) atoms. The van der Waals surface area contributed by atoms with E-state index in [9.17, 15) is 23.3 Å². The number of hydrogen-bond donors (Lipinski definition) is 2. The smallest absolute Gasteiger partial charge is 0.411 e. The first-order valence-corrected chi connectivity index (χ1v) is 6.55. The summed E-state index contributed by atoms with van der Waals surface area (Å²) in [5, 5.41) is 17.8. The van der Waals surface area contributed by atoms with Gasteiger partial charge in [0, 0.05) is 6.07 Å². The lowest BCUT2D eigenvalue weighted by molar-refractivity contribution is -0.384. The van der Waals surface area contributed by atoms with Crippen LogP contribution in [-0.4, -0.2) is 26.0 Å². The highest BCUT2D eigenvalue weighted by atomic mass is 32.2. The van der Waals surface area contributed by atoms with Crippen LogP contribution in [0.15, 0.2) is 23.1 Å². The average molecular weight is 289 g/mol. The van der Waals surface area contributed by atoms with E-state index >= 15 is 0 Å². The Bertz CT molecular complexity index is 612. The van der Waals surface area contributed by atoms with Gasteiger partial charge < -0.3 is 4.74 Å². The number of benzene rings is 1. The molecular formula is C9H11N3O6S. The van der Waals surface area contributed by atoms with E-state index in [1.165, 1.54) is 0 Å². The Balaban J connectivity index is 3.20. The van der Waals surface area contributed by atoms with Crippen LogP contribution in [0.5, 0.6) is 0 Å². The number of hydrogen-bond acceptors (Lipinski definition) is 6. The molecule has 0 fully saturated rings. The molecule has 0 radical (unpaired) electrons. The zero-order valence-corrected chi connectivity index (χ0v) is 10.6. The second-order valence-electron chi connectivity index (χ2n) is 3.33. The van der Waals surface area contributed by atoms with E-state index in [0.717, 1.165) is 18.2 Å². The van der Waals surface area contributed by atoms with Gasteiger partial charge >= 0.3 is 6.09 Å². The summed E-state index contributed by atoms with van der Waals surface area (Å²) in [5.41, 5.74) is -0.782. The molecule has 0 saturated heterocycles. The van der Waals surface area contributed by atoms with Gasteiger partial charge in [0.15, 0.2) is 0 Å². The van der Waals surface area contributed by atoms with Crippen molar-refractivity contribution >= 4 is 27.5 Å². The molecule has 1 aromatic carbocycles. The summed E-state index contributed by atoms with van der Waals surface area (Å²) in [6.07, 6.45) is -0.881. The number of sulfonamides is 1. The molecule has 0 atom stereocenters. The van der Waals surface area contributed by atoms with Crippen molar-refractivity contribution < 1.29 is 22.9 Å². The quantitative estimate of drug-likeness (QED) is 0.620. The molecule has 0 aliphatic carbocycles. The van der Waals surface area contributed by atoms with E-state index in [4.69, 9.17) is 5.14 Å². The maximum Gasteiger partial charge on any atom is 0.411 e. The Kier molecular flexibility index (Phi) is 4.40. The molecule has 0 bridgehead atoms. The summed E-state index contributed by atoms with van der Waals surface area (Å²) in [5.74, 6) is 0. The number of nitrogens with zero attached hydrogens (tertiary/aromatic N) is 1. The van der Waals surface area contributed by atoms with Crippen LogP contribution in [0, 0.1) is 10.1 Å². The molecule has 10 heteroatoms. The number of nitrogens with one attached hydrogen (secondary N) is 1.